The molecule has 120 valence electrons. The first-order valence-electron chi connectivity index (χ1n) is 7.79. The van der Waals surface area contributed by atoms with Gasteiger partial charge in [0.1, 0.15) is 0 Å². The molecule has 0 bridgehead atoms. The summed E-state index contributed by atoms with van der Waals surface area (Å²) in [4.78, 5) is 20.9. The summed E-state index contributed by atoms with van der Waals surface area (Å²) in [5.74, 6) is 0.0438. The van der Waals surface area contributed by atoms with E-state index < -0.39 is 0 Å². The van der Waals surface area contributed by atoms with Crippen LogP contribution in [-0.4, -0.2) is 22.4 Å². The molecule has 0 unspecified atom stereocenters. The number of hydrogen-bond donors (Lipinski definition) is 1. The Hall–Kier alpha value is -1.79. The molecular formula is C17H19N3OS2. The number of aromatic nitrogens is 2. The number of carbonyl (C=O) groups excluding carboxylic acids is 1. The number of nitrogens with one attached hydrogen (secondary N) is 1. The Kier molecular flexibility index (Phi) is 5.35. The minimum absolute atomic E-state index is 0.0438. The topological polar surface area (TPSA) is 54.9 Å². The zero-order valence-corrected chi connectivity index (χ0v) is 14.7. The molecule has 1 N–H and O–H groups in total. The molecule has 23 heavy (non-hydrogen) atoms. The minimum Gasteiger partial charge on any atom is -0.356 e. The molecule has 0 saturated heterocycles. The maximum Gasteiger partial charge on any atom is 0.226 e. The maximum absolute atomic E-state index is 11.9. The van der Waals surface area contributed by atoms with Gasteiger partial charge in [0.2, 0.25) is 5.91 Å². The Bertz CT molecular complexity index is 761. The number of benzene rings is 1. The van der Waals surface area contributed by atoms with E-state index in [4.69, 9.17) is 0 Å². The number of aryl methyl sites for hydroxylation is 2. The van der Waals surface area contributed by atoms with Crippen LogP contribution in [0.4, 0.5) is 0 Å². The number of nitrogens with zero attached hydrogens (tertiary/aromatic N) is 2. The number of hydrogen-bond acceptors (Lipinski definition) is 5. The predicted molar refractivity (Wildman–Crippen MR) is 96.1 cm³/mol. The van der Waals surface area contributed by atoms with E-state index in [1.807, 2.05) is 23.6 Å². The van der Waals surface area contributed by atoms with Crippen molar-refractivity contribution in [1.29, 1.82) is 0 Å². The van der Waals surface area contributed by atoms with Crippen molar-refractivity contribution >= 4 is 38.8 Å². The van der Waals surface area contributed by atoms with Crippen molar-refractivity contribution in [3.63, 3.8) is 0 Å². The fraction of sp³-hybridized carbons (Fsp3) is 0.353. The van der Waals surface area contributed by atoms with Gasteiger partial charge in [0, 0.05) is 18.3 Å². The number of amides is 1. The van der Waals surface area contributed by atoms with Gasteiger partial charge in [0.05, 0.1) is 32.3 Å². The van der Waals surface area contributed by atoms with Crippen LogP contribution in [0.2, 0.25) is 0 Å². The van der Waals surface area contributed by atoms with Crippen LogP contribution in [0, 0.1) is 0 Å². The molecule has 2 heterocycles. The van der Waals surface area contributed by atoms with Crippen molar-refractivity contribution in [3.05, 3.63) is 45.4 Å². The summed E-state index contributed by atoms with van der Waals surface area (Å²) in [5, 5.41) is 7.16. The number of carbonyl (C=O) groups is 1. The van der Waals surface area contributed by atoms with Crippen LogP contribution >= 0.6 is 22.7 Å². The average molecular weight is 345 g/mol. The average Bonchev–Trinajstić information content (AvgIpc) is 3.17. The zero-order valence-electron chi connectivity index (χ0n) is 13.0. The molecule has 0 atom stereocenters. The standard InChI is InChI=1S/C17H19N3OS2/c1-2-16-19-12(11-22-16)10-15(21)18-9-5-8-17-20-13-6-3-4-7-14(13)23-17/h3-4,6-7,11H,2,5,8-10H2,1H3,(H,18,21). The Morgan fingerprint density at radius 3 is 2.87 bits per heavy atom. The molecule has 0 aliphatic carbocycles. The Morgan fingerprint density at radius 1 is 1.22 bits per heavy atom. The SMILES string of the molecule is CCc1nc(CC(=O)NCCCc2nc3ccccc3s2)cs1. The molecule has 3 aromatic rings. The summed E-state index contributed by atoms with van der Waals surface area (Å²) in [7, 11) is 0. The van der Waals surface area contributed by atoms with Gasteiger partial charge in [-0.05, 0) is 25.0 Å². The van der Waals surface area contributed by atoms with Crippen LogP contribution in [0.3, 0.4) is 0 Å². The number of rotatable bonds is 7. The molecule has 1 amide bonds. The summed E-state index contributed by atoms with van der Waals surface area (Å²) < 4.78 is 1.22. The van der Waals surface area contributed by atoms with E-state index in [9.17, 15) is 4.79 Å². The Morgan fingerprint density at radius 2 is 2.09 bits per heavy atom. The lowest BCUT2D eigenvalue weighted by atomic mass is 10.3. The van der Waals surface area contributed by atoms with Crippen LogP contribution < -0.4 is 5.32 Å². The summed E-state index contributed by atoms with van der Waals surface area (Å²) in [6.45, 7) is 2.75. The molecule has 2 aromatic heterocycles. The molecule has 0 fully saturated rings. The van der Waals surface area contributed by atoms with Crippen LogP contribution in [0.25, 0.3) is 10.2 Å². The summed E-state index contributed by atoms with van der Waals surface area (Å²) in [6, 6.07) is 8.17. The lowest BCUT2D eigenvalue weighted by Gasteiger charge is -2.02. The van der Waals surface area contributed by atoms with Crippen molar-refractivity contribution < 1.29 is 4.79 Å². The highest BCUT2D eigenvalue weighted by molar-refractivity contribution is 7.18. The highest BCUT2D eigenvalue weighted by Gasteiger charge is 2.07. The lowest BCUT2D eigenvalue weighted by Crippen LogP contribution is -2.26. The monoisotopic (exact) mass is 345 g/mol. The third-order valence-electron chi connectivity index (χ3n) is 3.47. The smallest absolute Gasteiger partial charge is 0.226 e. The molecular weight excluding hydrogens is 326 g/mol. The maximum atomic E-state index is 11.9. The normalized spacial score (nSPS) is 11.0. The fourth-order valence-corrected chi connectivity index (χ4v) is 4.07. The van der Waals surface area contributed by atoms with Crippen LogP contribution in [0.15, 0.2) is 29.6 Å². The van der Waals surface area contributed by atoms with Gasteiger partial charge in [-0.25, -0.2) is 9.97 Å². The molecule has 0 aliphatic rings. The van der Waals surface area contributed by atoms with Gasteiger partial charge < -0.3 is 5.32 Å². The molecule has 4 nitrogen and oxygen atoms in total. The number of fused-ring (bicyclic) bond motifs is 1. The van der Waals surface area contributed by atoms with E-state index in [0.29, 0.717) is 13.0 Å². The molecule has 0 aliphatic heterocycles. The van der Waals surface area contributed by atoms with Crippen LogP contribution in [0.1, 0.15) is 29.1 Å². The van der Waals surface area contributed by atoms with E-state index in [1.54, 1.807) is 22.7 Å². The molecule has 6 heteroatoms. The second-order valence-corrected chi connectivity index (χ2v) is 7.35. The predicted octanol–water partition coefficient (Wildman–Crippen LogP) is 3.61. The minimum atomic E-state index is 0.0438. The highest BCUT2D eigenvalue weighted by Crippen LogP contribution is 2.22. The summed E-state index contributed by atoms with van der Waals surface area (Å²) in [5.41, 5.74) is 1.93. The van der Waals surface area contributed by atoms with Crippen molar-refractivity contribution in [2.24, 2.45) is 0 Å². The van der Waals surface area contributed by atoms with Crippen molar-refractivity contribution in [2.75, 3.05) is 6.54 Å². The van der Waals surface area contributed by atoms with Crippen molar-refractivity contribution in [2.45, 2.75) is 32.6 Å². The molecule has 3 rings (SSSR count). The largest absolute Gasteiger partial charge is 0.356 e. The van der Waals surface area contributed by atoms with Gasteiger partial charge in [-0.1, -0.05) is 19.1 Å². The lowest BCUT2D eigenvalue weighted by molar-refractivity contribution is -0.120. The molecule has 0 spiro atoms. The first kappa shape index (κ1) is 16.1. The third kappa shape index (κ3) is 4.36. The van der Waals surface area contributed by atoms with E-state index in [-0.39, 0.29) is 5.91 Å². The quantitative estimate of drug-likeness (QED) is 0.666. The van der Waals surface area contributed by atoms with Crippen molar-refractivity contribution in [3.8, 4) is 0 Å². The molecule has 0 saturated carbocycles. The van der Waals surface area contributed by atoms with Gasteiger partial charge in [-0.2, -0.15) is 0 Å². The number of para-hydroxylation sites is 1. The van der Waals surface area contributed by atoms with E-state index in [2.05, 4.69) is 28.3 Å². The summed E-state index contributed by atoms with van der Waals surface area (Å²) in [6.07, 6.45) is 3.10. The Balaban J connectivity index is 1.41. The fourth-order valence-electron chi connectivity index (χ4n) is 2.31. The highest BCUT2D eigenvalue weighted by atomic mass is 32.1. The van der Waals surface area contributed by atoms with Gasteiger partial charge in [-0.15, -0.1) is 22.7 Å². The van der Waals surface area contributed by atoms with Gasteiger partial charge in [0.25, 0.3) is 0 Å². The first-order valence-corrected chi connectivity index (χ1v) is 9.48. The second-order valence-electron chi connectivity index (χ2n) is 5.29. The first-order chi connectivity index (χ1) is 11.2. The second kappa shape index (κ2) is 7.66. The number of thiazole rings is 2. The van der Waals surface area contributed by atoms with Gasteiger partial charge in [-0.3, -0.25) is 4.79 Å². The third-order valence-corrected chi connectivity index (χ3v) is 5.61. The van der Waals surface area contributed by atoms with E-state index in [1.165, 1.54) is 4.70 Å². The van der Waals surface area contributed by atoms with Gasteiger partial charge >= 0.3 is 0 Å². The molecule has 1 aromatic carbocycles. The van der Waals surface area contributed by atoms with E-state index >= 15 is 0 Å². The van der Waals surface area contributed by atoms with Crippen LogP contribution in [0.5, 0.6) is 0 Å². The van der Waals surface area contributed by atoms with Crippen LogP contribution in [-0.2, 0) is 24.1 Å². The van der Waals surface area contributed by atoms with Gasteiger partial charge in [0.15, 0.2) is 0 Å². The van der Waals surface area contributed by atoms with Crippen molar-refractivity contribution in [1.82, 2.24) is 15.3 Å². The molecule has 0 radical (unpaired) electrons. The summed E-state index contributed by atoms with van der Waals surface area (Å²) >= 11 is 3.35. The Labute approximate surface area is 143 Å². The zero-order chi connectivity index (χ0) is 16.1. The van der Waals surface area contributed by atoms with E-state index in [0.717, 1.165) is 40.5 Å².